The van der Waals surface area contributed by atoms with Crippen molar-refractivity contribution in [1.82, 2.24) is 4.98 Å². The van der Waals surface area contributed by atoms with Gasteiger partial charge in [-0.2, -0.15) is 0 Å². The van der Waals surface area contributed by atoms with Gasteiger partial charge in [0.2, 0.25) is 0 Å². The maximum Gasteiger partial charge on any atom is 0.0540 e. The number of hydrogen-bond donors (Lipinski definition) is 0. The molecule has 0 saturated carbocycles. The molecule has 1 aromatic heterocycles. The lowest BCUT2D eigenvalue weighted by Crippen LogP contribution is -2.10. The van der Waals surface area contributed by atoms with Crippen molar-refractivity contribution in [2.24, 2.45) is 0 Å². The lowest BCUT2D eigenvalue weighted by Gasteiger charge is -2.28. The number of hydrogen-bond acceptors (Lipinski definition) is 2. The predicted molar refractivity (Wildman–Crippen MR) is 225 cm³/mol. The van der Waals surface area contributed by atoms with E-state index in [4.69, 9.17) is 0 Å². The predicted octanol–water partition coefficient (Wildman–Crippen LogP) is 14.2. The van der Waals surface area contributed by atoms with E-state index in [0.29, 0.717) is 0 Å². The summed E-state index contributed by atoms with van der Waals surface area (Å²) < 4.78 is 0. The van der Waals surface area contributed by atoms with Crippen LogP contribution in [0.2, 0.25) is 0 Å². The number of nitrogens with zero attached hydrogens (tertiary/aromatic N) is 2. The zero-order valence-electron chi connectivity index (χ0n) is 29.0. The number of anilines is 3. The van der Waals surface area contributed by atoms with Gasteiger partial charge >= 0.3 is 0 Å². The lowest BCUT2D eigenvalue weighted by atomic mass is 9.81. The van der Waals surface area contributed by atoms with Gasteiger partial charge in [-0.05, 0) is 107 Å². The Morgan fingerprint density at radius 3 is 1.62 bits per heavy atom. The Kier molecular flexibility index (Phi) is 7.51. The molecule has 0 amide bonds. The molecule has 10 rings (SSSR count). The average molecular weight is 675 g/mol. The Labute approximate surface area is 308 Å². The highest BCUT2D eigenvalue weighted by Gasteiger charge is 2.23. The molecule has 0 fully saturated rings. The fraction of sp³-hybridized carbons (Fsp3) is 0. The maximum absolute atomic E-state index is 4.38. The minimum absolute atomic E-state index is 1.06. The highest BCUT2D eigenvalue weighted by molar-refractivity contribution is 6.33. The van der Waals surface area contributed by atoms with Crippen molar-refractivity contribution < 1.29 is 0 Å². The van der Waals surface area contributed by atoms with E-state index < -0.39 is 0 Å². The molecule has 9 aromatic carbocycles. The monoisotopic (exact) mass is 674 g/mol. The molecule has 248 valence electrons. The van der Waals surface area contributed by atoms with E-state index in [-0.39, 0.29) is 0 Å². The summed E-state index contributed by atoms with van der Waals surface area (Å²) in [5.41, 5.74) is 10.6. The first-order chi connectivity index (χ1) is 26.3. The molecule has 53 heavy (non-hydrogen) atoms. The van der Waals surface area contributed by atoms with Gasteiger partial charge in [-0.25, -0.2) is 0 Å². The zero-order chi connectivity index (χ0) is 35.1. The summed E-state index contributed by atoms with van der Waals surface area (Å²) in [6.45, 7) is 0. The molecular formula is C51H34N2. The quantitative estimate of drug-likeness (QED) is 0.163. The zero-order valence-corrected chi connectivity index (χ0v) is 29.0. The standard InChI is InChI=1S/C51H34N2/c1-4-15-36(16-5-1)45-34-46(37-17-6-2-7-18-37)50-43-25-13-12-24-42(43)47-33-40(27-28-44(47)51(50)49(45)38-20-8-3-9-21-38)53(39-29-31-52-32-30-39)48-26-14-22-35-19-10-11-23-41(35)48/h1-34H. The van der Waals surface area contributed by atoms with Crippen LogP contribution in [0.1, 0.15) is 0 Å². The average Bonchev–Trinajstić information content (AvgIpc) is 3.24. The van der Waals surface area contributed by atoms with Gasteiger partial charge in [0.1, 0.15) is 0 Å². The Balaban J connectivity index is 1.37. The van der Waals surface area contributed by atoms with Crippen LogP contribution >= 0.6 is 0 Å². The molecular weight excluding hydrogens is 641 g/mol. The second kappa shape index (κ2) is 12.9. The van der Waals surface area contributed by atoms with E-state index in [9.17, 15) is 0 Å². The van der Waals surface area contributed by atoms with Crippen LogP contribution < -0.4 is 4.90 Å². The number of rotatable bonds is 6. The van der Waals surface area contributed by atoms with Crippen molar-refractivity contribution in [2.75, 3.05) is 4.90 Å². The summed E-state index contributed by atoms with van der Waals surface area (Å²) >= 11 is 0. The first kappa shape index (κ1) is 30.8. The molecule has 2 nitrogen and oxygen atoms in total. The molecule has 0 bridgehead atoms. The first-order valence-electron chi connectivity index (χ1n) is 18.1. The molecule has 0 spiro atoms. The van der Waals surface area contributed by atoms with E-state index in [1.807, 2.05) is 12.4 Å². The third kappa shape index (κ3) is 5.23. The van der Waals surface area contributed by atoms with Gasteiger partial charge in [-0.3, -0.25) is 4.98 Å². The summed E-state index contributed by atoms with van der Waals surface area (Å²) in [6, 6.07) is 70.4. The molecule has 0 atom stereocenters. The smallest absolute Gasteiger partial charge is 0.0540 e. The summed E-state index contributed by atoms with van der Waals surface area (Å²) in [5.74, 6) is 0. The number of fused-ring (bicyclic) bond motifs is 7. The Morgan fingerprint density at radius 2 is 0.906 bits per heavy atom. The lowest BCUT2D eigenvalue weighted by molar-refractivity contribution is 1.25. The van der Waals surface area contributed by atoms with Gasteiger partial charge in [-0.15, -0.1) is 0 Å². The molecule has 2 heteroatoms. The van der Waals surface area contributed by atoms with Gasteiger partial charge in [0, 0.05) is 29.2 Å². The van der Waals surface area contributed by atoms with E-state index in [2.05, 4.69) is 204 Å². The van der Waals surface area contributed by atoms with Gasteiger partial charge in [0.05, 0.1) is 5.69 Å². The van der Waals surface area contributed by atoms with Crippen LogP contribution in [0.15, 0.2) is 207 Å². The van der Waals surface area contributed by atoms with Crippen LogP contribution in [0.3, 0.4) is 0 Å². The third-order valence-corrected chi connectivity index (χ3v) is 10.5. The minimum Gasteiger partial charge on any atom is -0.310 e. The molecule has 0 radical (unpaired) electrons. The summed E-state index contributed by atoms with van der Waals surface area (Å²) in [5, 5.41) is 9.84. The van der Waals surface area contributed by atoms with E-state index in [1.165, 1.54) is 76.5 Å². The van der Waals surface area contributed by atoms with Crippen LogP contribution in [0, 0.1) is 0 Å². The van der Waals surface area contributed by atoms with Crippen LogP contribution in [0.25, 0.3) is 76.5 Å². The van der Waals surface area contributed by atoms with Crippen LogP contribution in [0.4, 0.5) is 17.1 Å². The normalized spacial score (nSPS) is 11.4. The first-order valence-corrected chi connectivity index (χ1v) is 18.1. The fourth-order valence-electron chi connectivity index (χ4n) is 8.20. The van der Waals surface area contributed by atoms with Gasteiger partial charge in [-0.1, -0.05) is 158 Å². The van der Waals surface area contributed by atoms with Crippen LogP contribution in [-0.2, 0) is 0 Å². The van der Waals surface area contributed by atoms with Crippen LogP contribution in [0.5, 0.6) is 0 Å². The molecule has 0 saturated heterocycles. The van der Waals surface area contributed by atoms with Gasteiger partial charge < -0.3 is 4.90 Å². The minimum atomic E-state index is 1.06. The molecule has 0 aliphatic rings. The highest BCUT2D eigenvalue weighted by atomic mass is 15.1. The van der Waals surface area contributed by atoms with Crippen molar-refractivity contribution in [1.29, 1.82) is 0 Å². The highest BCUT2D eigenvalue weighted by Crippen LogP contribution is 2.50. The molecule has 1 heterocycles. The number of pyridine rings is 1. The molecule has 0 unspecified atom stereocenters. The third-order valence-electron chi connectivity index (χ3n) is 10.5. The second-order valence-electron chi connectivity index (χ2n) is 13.5. The van der Waals surface area contributed by atoms with Crippen molar-refractivity contribution in [2.45, 2.75) is 0 Å². The second-order valence-corrected chi connectivity index (χ2v) is 13.5. The topological polar surface area (TPSA) is 16.1 Å². The van der Waals surface area contributed by atoms with E-state index in [0.717, 1.165) is 17.1 Å². The van der Waals surface area contributed by atoms with Gasteiger partial charge in [0.15, 0.2) is 0 Å². The molecule has 0 N–H and O–H groups in total. The van der Waals surface area contributed by atoms with E-state index >= 15 is 0 Å². The maximum atomic E-state index is 4.38. The number of benzene rings is 9. The summed E-state index contributed by atoms with van der Waals surface area (Å²) in [4.78, 5) is 6.75. The summed E-state index contributed by atoms with van der Waals surface area (Å²) in [7, 11) is 0. The fourth-order valence-corrected chi connectivity index (χ4v) is 8.20. The largest absolute Gasteiger partial charge is 0.310 e. The van der Waals surface area contributed by atoms with Gasteiger partial charge in [0.25, 0.3) is 0 Å². The molecule has 0 aliphatic carbocycles. The molecule has 0 aliphatic heterocycles. The van der Waals surface area contributed by atoms with E-state index in [1.54, 1.807) is 0 Å². The van der Waals surface area contributed by atoms with Crippen LogP contribution in [-0.4, -0.2) is 4.98 Å². The Morgan fingerprint density at radius 1 is 0.340 bits per heavy atom. The Bertz CT molecular complexity index is 2920. The summed E-state index contributed by atoms with van der Waals surface area (Å²) in [6.07, 6.45) is 3.75. The molecule has 10 aromatic rings. The Hall–Kier alpha value is -7.03. The van der Waals surface area contributed by atoms with Crippen molar-refractivity contribution in [3.63, 3.8) is 0 Å². The SMILES string of the molecule is c1ccc(-c2cc(-c3ccccc3)c3c4ccccc4c4cc(N(c5ccncc5)c5cccc6ccccc56)ccc4c3c2-c2ccccc2)cc1. The number of aromatic nitrogens is 1. The van der Waals surface area contributed by atoms with Crippen molar-refractivity contribution in [3.05, 3.63) is 207 Å². The van der Waals surface area contributed by atoms with Crippen molar-refractivity contribution >= 4 is 60.2 Å². The van der Waals surface area contributed by atoms with Crippen molar-refractivity contribution in [3.8, 4) is 33.4 Å².